The molecular weight excluding hydrogens is 498 g/mol. The predicted octanol–water partition coefficient (Wildman–Crippen LogP) is 3.86. The summed E-state index contributed by atoms with van der Waals surface area (Å²) in [5, 5.41) is 22.8. The number of hydrogen-bond donors (Lipinski definition) is 3. The summed E-state index contributed by atoms with van der Waals surface area (Å²) in [7, 11) is -3.76. The number of rotatable bonds is 10. The van der Waals surface area contributed by atoms with Crippen LogP contribution in [0, 0.1) is 23.2 Å². The third-order valence-electron chi connectivity index (χ3n) is 7.03. The van der Waals surface area contributed by atoms with E-state index in [1.54, 1.807) is 12.2 Å². The molecule has 0 fully saturated rings. The van der Waals surface area contributed by atoms with Gasteiger partial charge in [0, 0.05) is 24.5 Å². The van der Waals surface area contributed by atoms with E-state index in [1.807, 2.05) is 67.6 Å². The number of amides is 1. The zero-order chi connectivity index (χ0) is 27.1. The minimum Gasteiger partial charge on any atom is -0.390 e. The lowest BCUT2D eigenvalue weighted by Gasteiger charge is -2.25. The Morgan fingerprint density at radius 2 is 1.84 bits per heavy atom. The highest BCUT2D eigenvalue weighted by Gasteiger charge is 2.34. The smallest absolute Gasteiger partial charge is 0.240 e. The molecule has 3 N–H and O–H groups in total. The Morgan fingerprint density at radius 3 is 2.61 bits per heavy atom. The molecule has 2 aromatic carbocycles. The number of benzene rings is 2. The molecule has 0 heterocycles. The number of nitriles is 1. The normalized spacial score (nSPS) is 20.3. The molecule has 0 aromatic heterocycles. The molecule has 198 valence electrons. The molecule has 0 saturated heterocycles. The zero-order valence-electron chi connectivity index (χ0n) is 21.4. The van der Waals surface area contributed by atoms with E-state index >= 15 is 0 Å². The van der Waals surface area contributed by atoms with Crippen LogP contribution in [-0.4, -0.2) is 32.1 Å². The summed E-state index contributed by atoms with van der Waals surface area (Å²) in [6, 6.07) is 19.0. The van der Waals surface area contributed by atoms with Gasteiger partial charge in [0.1, 0.15) is 0 Å². The quantitative estimate of drug-likeness (QED) is 0.430. The standard InChI is InChI=1S/C30H33N3O4S/c1-21(20-32-38(36,37)26-12-7-10-23(19-31)14-15-26)16-25(17-22-8-3-2-4-9-22)30(35)33-29-27-13-6-5-11-24(27)18-28(29)34/h2-6,8-15,21,25,28-29,32,34H,7,16-18,20H2,1H3,(H,33,35). The van der Waals surface area contributed by atoms with Crippen LogP contribution >= 0.6 is 0 Å². The lowest BCUT2D eigenvalue weighted by molar-refractivity contribution is -0.127. The van der Waals surface area contributed by atoms with Gasteiger partial charge >= 0.3 is 0 Å². The lowest BCUT2D eigenvalue weighted by atomic mass is 9.89. The fraction of sp³-hybridized carbons (Fsp3) is 0.333. The number of nitrogens with one attached hydrogen (secondary N) is 2. The van der Waals surface area contributed by atoms with E-state index in [4.69, 9.17) is 5.26 Å². The first-order valence-corrected chi connectivity index (χ1v) is 14.3. The van der Waals surface area contributed by atoms with Crippen LogP contribution in [0.4, 0.5) is 0 Å². The predicted molar refractivity (Wildman–Crippen MR) is 147 cm³/mol. The average molecular weight is 532 g/mol. The van der Waals surface area contributed by atoms with Crippen LogP contribution in [-0.2, 0) is 27.7 Å². The van der Waals surface area contributed by atoms with Gasteiger partial charge in [-0.25, -0.2) is 13.1 Å². The minimum atomic E-state index is -3.76. The van der Waals surface area contributed by atoms with Crippen molar-refractivity contribution in [1.82, 2.24) is 10.0 Å². The van der Waals surface area contributed by atoms with Crippen LogP contribution in [0.2, 0.25) is 0 Å². The molecule has 0 spiro atoms. The first kappa shape index (κ1) is 27.5. The number of fused-ring (bicyclic) bond motifs is 1. The Morgan fingerprint density at radius 1 is 1.11 bits per heavy atom. The van der Waals surface area contributed by atoms with Crippen LogP contribution in [0.1, 0.15) is 42.5 Å². The molecule has 0 radical (unpaired) electrons. The van der Waals surface area contributed by atoms with Gasteiger partial charge in [-0.2, -0.15) is 5.26 Å². The van der Waals surface area contributed by atoms with E-state index in [1.165, 1.54) is 12.2 Å². The van der Waals surface area contributed by atoms with Crippen molar-refractivity contribution in [2.45, 2.75) is 44.8 Å². The number of allylic oxidation sites excluding steroid dienone is 5. The van der Waals surface area contributed by atoms with Crippen molar-refractivity contribution < 1.29 is 18.3 Å². The Kier molecular flexibility index (Phi) is 8.95. The van der Waals surface area contributed by atoms with Crippen LogP contribution in [0.5, 0.6) is 0 Å². The Bertz CT molecular complexity index is 1390. The lowest BCUT2D eigenvalue weighted by Crippen LogP contribution is -2.40. The second-order valence-corrected chi connectivity index (χ2v) is 11.7. The Balaban J connectivity index is 1.43. The number of hydrogen-bond acceptors (Lipinski definition) is 5. The molecule has 0 aliphatic heterocycles. The summed E-state index contributed by atoms with van der Waals surface area (Å²) in [4.78, 5) is 13.7. The van der Waals surface area contributed by atoms with E-state index in [2.05, 4.69) is 10.0 Å². The van der Waals surface area contributed by atoms with Gasteiger partial charge in [0.15, 0.2) is 0 Å². The molecule has 4 rings (SSSR count). The van der Waals surface area contributed by atoms with Crippen molar-refractivity contribution >= 4 is 15.9 Å². The summed E-state index contributed by atoms with van der Waals surface area (Å²) in [5.41, 5.74) is 3.41. The fourth-order valence-electron chi connectivity index (χ4n) is 5.00. The Labute approximate surface area is 224 Å². The zero-order valence-corrected chi connectivity index (χ0v) is 22.2. The van der Waals surface area contributed by atoms with Crippen LogP contribution in [0.3, 0.4) is 0 Å². The maximum Gasteiger partial charge on any atom is 0.240 e. The van der Waals surface area contributed by atoms with Crippen LogP contribution in [0.25, 0.3) is 0 Å². The van der Waals surface area contributed by atoms with Crippen LogP contribution < -0.4 is 10.0 Å². The fourth-order valence-corrected chi connectivity index (χ4v) is 6.23. The van der Waals surface area contributed by atoms with Crippen molar-refractivity contribution in [2.24, 2.45) is 11.8 Å². The molecule has 1 amide bonds. The van der Waals surface area contributed by atoms with E-state index < -0.39 is 28.1 Å². The molecule has 0 saturated carbocycles. The van der Waals surface area contributed by atoms with Crippen LogP contribution in [0.15, 0.2) is 89.4 Å². The molecule has 38 heavy (non-hydrogen) atoms. The second-order valence-electron chi connectivity index (χ2n) is 9.98. The average Bonchev–Trinajstić information content (AvgIpc) is 3.07. The molecule has 8 heteroatoms. The summed E-state index contributed by atoms with van der Waals surface area (Å²) in [6.45, 7) is 2.08. The van der Waals surface area contributed by atoms with Gasteiger partial charge in [-0.15, -0.1) is 0 Å². The van der Waals surface area contributed by atoms with Gasteiger partial charge in [-0.3, -0.25) is 4.79 Å². The van der Waals surface area contributed by atoms with E-state index in [0.717, 1.165) is 16.7 Å². The first-order valence-electron chi connectivity index (χ1n) is 12.8. The molecule has 2 aliphatic carbocycles. The highest BCUT2D eigenvalue weighted by Crippen LogP contribution is 2.32. The van der Waals surface area contributed by atoms with E-state index in [9.17, 15) is 18.3 Å². The summed E-state index contributed by atoms with van der Waals surface area (Å²) in [5.74, 6) is -0.696. The van der Waals surface area contributed by atoms with E-state index in [-0.39, 0.29) is 23.3 Å². The molecule has 0 bridgehead atoms. The number of carbonyl (C=O) groups excluding carboxylic acids is 1. The summed E-state index contributed by atoms with van der Waals surface area (Å²) in [6.07, 6.45) is 7.32. The summed E-state index contributed by atoms with van der Waals surface area (Å²) < 4.78 is 28.4. The monoisotopic (exact) mass is 531 g/mol. The van der Waals surface area contributed by atoms with Crippen molar-refractivity contribution in [3.8, 4) is 6.07 Å². The maximum absolute atomic E-state index is 13.5. The number of nitrogens with zero attached hydrogens (tertiary/aromatic N) is 1. The van der Waals surface area contributed by atoms with Gasteiger partial charge in [-0.1, -0.05) is 73.7 Å². The van der Waals surface area contributed by atoms with Crippen molar-refractivity contribution in [3.05, 3.63) is 106 Å². The largest absolute Gasteiger partial charge is 0.390 e. The van der Waals surface area contributed by atoms with Crippen molar-refractivity contribution in [1.29, 1.82) is 5.26 Å². The molecule has 2 aromatic rings. The molecule has 4 unspecified atom stereocenters. The van der Waals surface area contributed by atoms with Gasteiger partial charge < -0.3 is 10.4 Å². The number of sulfonamides is 1. The molecule has 2 aliphatic rings. The van der Waals surface area contributed by atoms with Gasteiger partial charge in [0.2, 0.25) is 15.9 Å². The van der Waals surface area contributed by atoms with Crippen molar-refractivity contribution in [2.75, 3.05) is 6.54 Å². The van der Waals surface area contributed by atoms with Gasteiger partial charge in [0.25, 0.3) is 0 Å². The second kappa shape index (κ2) is 12.4. The number of carbonyl (C=O) groups is 1. The minimum absolute atomic E-state index is 0.124. The Hall–Kier alpha value is -3.51. The number of aliphatic hydroxyl groups excluding tert-OH is 1. The molecular formula is C30H33N3O4S. The first-order chi connectivity index (χ1) is 18.3. The topological polar surface area (TPSA) is 119 Å². The number of aliphatic hydroxyl groups is 1. The highest BCUT2D eigenvalue weighted by molar-refractivity contribution is 7.93. The highest BCUT2D eigenvalue weighted by atomic mass is 32.2. The van der Waals surface area contributed by atoms with Gasteiger partial charge in [0.05, 0.1) is 23.1 Å². The molecule has 4 atom stereocenters. The maximum atomic E-state index is 13.5. The van der Waals surface area contributed by atoms with Crippen molar-refractivity contribution in [3.63, 3.8) is 0 Å². The third kappa shape index (κ3) is 6.87. The third-order valence-corrected chi connectivity index (χ3v) is 8.50. The summed E-state index contributed by atoms with van der Waals surface area (Å²) >= 11 is 0. The SMILES string of the molecule is CC(CNS(=O)(=O)C1=CCC=C(C#N)C=C1)CC(Cc1ccccc1)C(=O)NC1c2ccccc2CC1O. The van der Waals surface area contributed by atoms with E-state index in [0.29, 0.717) is 31.3 Å². The van der Waals surface area contributed by atoms with Gasteiger partial charge in [-0.05, 0) is 54.0 Å². The molecule has 7 nitrogen and oxygen atoms in total.